The van der Waals surface area contributed by atoms with Crippen LogP contribution >= 0.6 is 23.2 Å². The van der Waals surface area contributed by atoms with E-state index in [0.29, 0.717) is 10.0 Å². The lowest BCUT2D eigenvalue weighted by molar-refractivity contribution is 0.557. The molecule has 0 spiro atoms. The highest BCUT2D eigenvalue weighted by Crippen LogP contribution is 2.33. The standard InChI is InChI=1S/C12H11Cl2NO/c1-15-12(8-5-6-16-7-8)11-9(13)3-2-4-10(11)14/h2-7,12,15H,1H3. The van der Waals surface area contributed by atoms with Crippen LogP contribution in [-0.4, -0.2) is 7.05 Å². The lowest BCUT2D eigenvalue weighted by Crippen LogP contribution is -2.17. The van der Waals surface area contributed by atoms with Crippen molar-refractivity contribution in [1.82, 2.24) is 5.32 Å². The van der Waals surface area contributed by atoms with E-state index in [-0.39, 0.29) is 6.04 Å². The summed E-state index contributed by atoms with van der Waals surface area (Å²) in [5, 5.41) is 4.47. The molecule has 84 valence electrons. The third-order valence-electron chi connectivity index (χ3n) is 2.45. The molecular formula is C12H11Cl2NO. The molecule has 0 amide bonds. The molecule has 0 aliphatic heterocycles. The molecule has 1 aromatic carbocycles. The Morgan fingerprint density at radius 2 is 1.88 bits per heavy atom. The summed E-state index contributed by atoms with van der Waals surface area (Å²) in [4.78, 5) is 0. The largest absolute Gasteiger partial charge is 0.472 e. The number of nitrogens with one attached hydrogen (secondary N) is 1. The second-order valence-corrected chi connectivity index (χ2v) is 4.23. The van der Waals surface area contributed by atoms with Crippen LogP contribution in [0.1, 0.15) is 17.2 Å². The number of furan rings is 1. The van der Waals surface area contributed by atoms with Gasteiger partial charge in [0.05, 0.1) is 18.6 Å². The zero-order chi connectivity index (χ0) is 11.5. The van der Waals surface area contributed by atoms with Crippen LogP contribution in [0.3, 0.4) is 0 Å². The van der Waals surface area contributed by atoms with Crippen LogP contribution in [0.15, 0.2) is 41.2 Å². The molecule has 1 unspecified atom stereocenters. The minimum absolute atomic E-state index is 0.0556. The minimum Gasteiger partial charge on any atom is -0.472 e. The minimum atomic E-state index is -0.0556. The van der Waals surface area contributed by atoms with Gasteiger partial charge in [0.1, 0.15) is 0 Å². The Morgan fingerprint density at radius 3 is 2.38 bits per heavy atom. The molecule has 0 aliphatic rings. The van der Waals surface area contributed by atoms with Crippen molar-refractivity contribution in [3.8, 4) is 0 Å². The molecule has 2 nitrogen and oxygen atoms in total. The SMILES string of the molecule is CNC(c1ccoc1)c1c(Cl)cccc1Cl. The van der Waals surface area contributed by atoms with Crippen molar-refractivity contribution < 1.29 is 4.42 Å². The fraction of sp³-hybridized carbons (Fsp3) is 0.167. The molecule has 0 radical (unpaired) electrons. The fourth-order valence-corrected chi connectivity index (χ4v) is 2.32. The molecule has 16 heavy (non-hydrogen) atoms. The maximum Gasteiger partial charge on any atom is 0.0953 e. The third-order valence-corrected chi connectivity index (χ3v) is 3.11. The van der Waals surface area contributed by atoms with E-state index >= 15 is 0 Å². The van der Waals surface area contributed by atoms with Crippen molar-refractivity contribution in [2.24, 2.45) is 0 Å². The van der Waals surface area contributed by atoms with Crippen LogP contribution < -0.4 is 5.32 Å². The summed E-state index contributed by atoms with van der Waals surface area (Å²) in [6.45, 7) is 0. The summed E-state index contributed by atoms with van der Waals surface area (Å²) in [5.41, 5.74) is 1.87. The highest BCUT2D eigenvalue weighted by atomic mass is 35.5. The van der Waals surface area contributed by atoms with Gasteiger partial charge in [-0.1, -0.05) is 29.3 Å². The highest BCUT2D eigenvalue weighted by molar-refractivity contribution is 6.36. The van der Waals surface area contributed by atoms with E-state index in [4.69, 9.17) is 27.6 Å². The van der Waals surface area contributed by atoms with Crippen molar-refractivity contribution in [3.63, 3.8) is 0 Å². The molecular weight excluding hydrogens is 245 g/mol. The molecule has 1 N–H and O–H groups in total. The average Bonchev–Trinajstić information content (AvgIpc) is 2.77. The Kier molecular flexibility index (Phi) is 3.54. The highest BCUT2D eigenvalue weighted by Gasteiger charge is 2.18. The topological polar surface area (TPSA) is 25.2 Å². The molecule has 0 bridgehead atoms. The van der Waals surface area contributed by atoms with Crippen molar-refractivity contribution >= 4 is 23.2 Å². The van der Waals surface area contributed by atoms with Gasteiger partial charge >= 0.3 is 0 Å². The Bertz CT molecular complexity index is 448. The number of halogens is 2. The van der Waals surface area contributed by atoms with E-state index in [2.05, 4.69) is 5.32 Å². The average molecular weight is 256 g/mol. The van der Waals surface area contributed by atoms with E-state index in [1.807, 2.05) is 31.3 Å². The molecule has 1 atom stereocenters. The first-order chi connectivity index (χ1) is 7.74. The molecule has 0 fully saturated rings. The van der Waals surface area contributed by atoms with Gasteiger partial charge < -0.3 is 9.73 Å². The van der Waals surface area contributed by atoms with Gasteiger partial charge in [0.25, 0.3) is 0 Å². The summed E-state index contributed by atoms with van der Waals surface area (Å²) in [6, 6.07) is 7.32. The molecule has 2 aromatic rings. The van der Waals surface area contributed by atoms with Crippen molar-refractivity contribution in [2.45, 2.75) is 6.04 Å². The molecule has 1 aromatic heterocycles. The second-order valence-electron chi connectivity index (χ2n) is 3.41. The van der Waals surface area contributed by atoms with Gasteiger partial charge in [-0.3, -0.25) is 0 Å². The third kappa shape index (κ3) is 2.09. The van der Waals surface area contributed by atoms with Gasteiger partial charge in [0.2, 0.25) is 0 Å². The lowest BCUT2D eigenvalue weighted by Gasteiger charge is -2.17. The predicted molar refractivity (Wildman–Crippen MR) is 66.1 cm³/mol. The predicted octanol–water partition coefficient (Wildman–Crippen LogP) is 3.90. The molecule has 0 saturated heterocycles. The number of benzene rings is 1. The summed E-state index contributed by atoms with van der Waals surface area (Å²) in [6.07, 6.45) is 3.31. The van der Waals surface area contributed by atoms with E-state index in [1.165, 1.54) is 0 Å². The zero-order valence-corrected chi connectivity index (χ0v) is 10.2. The van der Waals surface area contributed by atoms with Crippen molar-refractivity contribution in [1.29, 1.82) is 0 Å². The van der Waals surface area contributed by atoms with Gasteiger partial charge in [0, 0.05) is 21.2 Å². The van der Waals surface area contributed by atoms with Gasteiger partial charge in [0.15, 0.2) is 0 Å². The number of hydrogen-bond donors (Lipinski definition) is 1. The lowest BCUT2D eigenvalue weighted by atomic mass is 10.0. The van der Waals surface area contributed by atoms with E-state index in [0.717, 1.165) is 11.1 Å². The number of hydrogen-bond acceptors (Lipinski definition) is 2. The molecule has 1 heterocycles. The smallest absolute Gasteiger partial charge is 0.0953 e. The maximum absolute atomic E-state index is 6.16. The first-order valence-electron chi connectivity index (χ1n) is 4.87. The molecule has 0 aliphatic carbocycles. The second kappa shape index (κ2) is 4.91. The molecule has 0 saturated carbocycles. The first kappa shape index (κ1) is 11.5. The fourth-order valence-electron chi connectivity index (χ4n) is 1.70. The van der Waals surface area contributed by atoms with Gasteiger partial charge in [-0.2, -0.15) is 0 Å². The number of rotatable bonds is 3. The summed E-state index contributed by atoms with van der Waals surface area (Å²) in [7, 11) is 1.86. The molecule has 4 heteroatoms. The van der Waals surface area contributed by atoms with E-state index < -0.39 is 0 Å². The summed E-state index contributed by atoms with van der Waals surface area (Å²) < 4.78 is 5.07. The van der Waals surface area contributed by atoms with Crippen LogP contribution in [-0.2, 0) is 0 Å². The Balaban J connectivity index is 2.49. The monoisotopic (exact) mass is 255 g/mol. The Morgan fingerprint density at radius 1 is 1.19 bits per heavy atom. The van der Waals surface area contributed by atoms with Gasteiger partial charge in [-0.15, -0.1) is 0 Å². The van der Waals surface area contributed by atoms with E-state index in [9.17, 15) is 0 Å². The summed E-state index contributed by atoms with van der Waals surface area (Å²) in [5.74, 6) is 0. The van der Waals surface area contributed by atoms with Crippen molar-refractivity contribution in [3.05, 3.63) is 58.0 Å². The summed E-state index contributed by atoms with van der Waals surface area (Å²) >= 11 is 12.3. The van der Waals surface area contributed by atoms with Crippen LogP contribution in [0.4, 0.5) is 0 Å². The quantitative estimate of drug-likeness (QED) is 0.901. The Labute approximate surface area is 104 Å². The zero-order valence-electron chi connectivity index (χ0n) is 8.71. The van der Waals surface area contributed by atoms with Gasteiger partial charge in [-0.05, 0) is 25.2 Å². The first-order valence-corrected chi connectivity index (χ1v) is 5.63. The normalized spacial score (nSPS) is 12.7. The van der Waals surface area contributed by atoms with Crippen LogP contribution in [0.5, 0.6) is 0 Å². The maximum atomic E-state index is 6.16. The molecule has 2 rings (SSSR count). The Hall–Kier alpha value is -0.960. The van der Waals surface area contributed by atoms with Crippen LogP contribution in [0.25, 0.3) is 0 Å². The van der Waals surface area contributed by atoms with Crippen molar-refractivity contribution in [2.75, 3.05) is 7.05 Å². The van der Waals surface area contributed by atoms with Crippen LogP contribution in [0.2, 0.25) is 10.0 Å². The van der Waals surface area contributed by atoms with Gasteiger partial charge in [-0.25, -0.2) is 0 Å². The van der Waals surface area contributed by atoms with Crippen LogP contribution in [0, 0.1) is 0 Å². The van der Waals surface area contributed by atoms with E-state index in [1.54, 1.807) is 12.5 Å².